The fourth-order valence-corrected chi connectivity index (χ4v) is 3.71. The summed E-state index contributed by atoms with van der Waals surface area (Å²) in [6.07, 6.45) is 3.74. The number of hydrogen-bond donors (Lipinski definition) is 1. The van der Waals surface area contributed by atoms with Crippen LogP contribution in [0, 0.1) is 0 Å². The van der Waals surface area contributed by atoms with Crippen molar-refractivity contribution in [3.8, 4) is 0 Å². The third-order valence-electron chi connectivity index (χ3n) is 4.48. The van der Waals surface area contributed by atoms with Crippen molar-refractivity contribution >= 4 is 17.7 Å². The third-order valence-corrected chi connectivity index (χ3v) is 5.59. The number of rotatable bonds is 8. The van der Waals surface area contributed by atoms with Crippen molar-refractivity contribution in [2.24, 2.45) is 0 Å². The van der Waals surface area contributed by atoms with Crippen molar-refractivity contribution in [1.82, 2.24) is 14.9 Å². The number of aromatic nitrogens is 2. The van der Waals surface area contributed by atoms with Crippen LogP contribution >= 0.6 is 11.8 Å². The second-order valence-corrected chi connectivity index (χ2v) is 7.95. The number of hydrogen-bond acceptors (Lipinski definition) is 3. The molecule has 2 unspecified atom stereocenters. The average Bonchev–Trinajstić information content (AvgIpc) is 3.13. The zero-order chi connectivity index (χ0) is 19.1. The Morgan fingerprint density at radius 1 is 1.07 bits per heavy atom. The van der Waals surface area contributed by atoms with Gasteiger partial charge in [-0.05, 0) is 24.0 Å². The van der Waals surface area contributed by atoms with Gasteiger partial charge in [0.05, 0.1) is 5.25 Å². The summed E-state index contributed by atoms with van der Waals surface area (Å²) in [6.45, 7) is 5.43. The van der Waals surface area contributed by atoms with Crippen LogP contribution in [0.5, 0.6) is 0 Å². The molecule has 0 radical (unpaired) electrons. The van der Waals surface area contributed by atoms with E-state index >= 15 is 0 Å². The summed E-state index contributed by atoms with van der Waals surface area (Å²) in [5.41, 5.74) is 2.45. The molecule has 0 saturated carbocycles. The lowest BCUT2D eigenvalue weighted by Crippen LogP contribution is -2.33. The van der Waals surface area contributed by atoms with Gasteiger partial charge in [0.25, 0.3) is 0 Å². The molecule has 1 aromatic heterocycles. The summed E-state index contributed by atoms with van der Waals surface area (Å²) in [4.78, 5) is 16.9. The van der Waals surface area contributed by atoms with Crippen LogP contribution in [0.15, 0.2) is 78.2 Å². The molecular weight excluding hydrogens is 354 g/mol. The Balaban J connectivity index is 1.53. The molecule has 1 N–H and O–H groups in total. The number of nitrogens with one attached hydrogen (secondary N) is 1. The molecule has 1 heterocycles. The number of benzene rings is 2. The Labute approximate surface area is 165 Å². The van der Waals surface area contributed by atoms with E-state index in [0.29, 0.717) is 6.54 Å². The highest BCUT2D eigenvalue weighted by Crippen LogP contribution is 2.23. The maximum atomic E-state index is 12.5. The topological polar surface area (TPSA) is 46.9 Å². The third kappa shape index (κ3) is 5.47. The van der Waals surface area contributed by atoms with Gasteiger partial charge in [0.2, 0.25) is 5.91 Å². The van der Waals surface area contributed by atoms with Crippen LogP contribution in [-0.2, 0) is 11.3 Å². The molecule has 3 rings (SSSR count). The first kappa shape index (κ1) is 19.2. The molecule has 27 heavy (non-hydrogen) atoms. The molecule has 0 aliphatic rings. The Morgan fingerprint density at radius 3 is 2.44 bits per heavy atom. The molecule has 0 bridgehead atoms. The standard InChI is InChI=1S/C22H25N3OS/c1-17(20-11-7-4-8-12-20)15-24-21(26)18(2)27-22-23-13-14-25(22)16-19-9-5-3-6-10-19/h3-14,17-18H,15-16H2,1-2H3,(H,24,26). The summed E-state index contributed by atoms with van der Waals surface area (Å²) >= 11 is 1.49. The van der Waals surface area contributed by atoms with Gasteiger partial charge in [0.1, 0.15) is 0 Å². The molecule has 0 spiro atoms. The quantitative estimate of drug-likeness (QED) is 0.593. The van der Waals surface area contributed by atoms with Crippen molar-refractivity contribution in [3.05, 3.63) is 84.2 Å². The van der Waals surface area contributed by atoms with Crippen LogP contribution in [0.2, 0.25) is 0 Å². The molecule has 0 saturated heterocycles. The van der Waals surface area contributed by atoms with E-state index in [0.717, 1.165) is 11.7 Å². The van der Waals surface area contributed by atoms with E-state index in [4.69, 9.17) is 0 Å². The van der Waals surface area contributed by atoms with Crippen molar-refractivity contribution in [2.45, 2.75) is 36.7 Å². The van der Waals surface area contributed by atoms with E-state index < -0.39 is 0 Å². The van der Waals surface area contributed by atoms with Gasteiger partial charge < -0.3 is 9.88 Å². The number of carbonyl (C=O) groups excluding carboxylic acids is 1. The van der Waals surface area contributed by atoms with Crippen LogP contribution in [-0.4, -0.2) is 27.3 Å². The van der Waals surface area contributed by atoms with Crippen LogP contribution in [0.4, 0.5) is 0 Å². The first-order valence-corrected chi connectivity index (χ1v) is 10.1. The van der Waals surface area contributed by atoms with Crippen molar-refractivity contribution in [3.63, 3.8) is 0 Å². The summed E-state index contributed by atoms with van der Waals surface area (Å²) < 4.78 is 2.08. The molecule has 2 atom stereocenters. The van der Waals surface area contributed by atoms with Gasteiger partial charge >= 0.3 is 0 Å². The van der Waals surface area contributed by atoms with E-state index in [9.17, 15) is 4.79 Å². The number of carbonyl (C=O) groups is 1. The average molecular weight is 380 g/mol. The zero-order valence-electron chi connectivity index (χ0n) is 15.7. The van der Waals surface area contributed by atoms with Crippen LogP contribution in [0.3, 0.4) is 0 Å². The largest absolute Gasteiger partial charge is 0.355 e. The van der Waals surface area contributed by atoms with Gasteiger partial charge in [-0.25, -0.2) is 4.98 Å². The molecule has 140 valence electrons. The SMILES string of the molecule is CC(Sc1nccn1Cc1ccccc1)C(=O)NCC(C)c1ccccc1. The van der Waals surface area contributed by atoms with Gasteiger partial charge in [-0.2, -0.15) is 0 Å². The summed E-state index contributed by atoms with van der Waals surface area (Å²) in [5, 5.41) is 3.72. The van der Waals surface area contributed by atoms with E-state index in [-0.39, 0.29) is 17.1 Å². The van der Waals surface area contributed by atoms with Crippen molar-refractivity contribution in [2.75, 3.05) is 6.54 Å². The van der Waals surface area contributed by atoms with E-state index in [1.165, 1.54) is 22.9 Å². The van der Waals surface area contributed by atoms with Gasteiger partial charge in [0, 0.05) is 25.5 Å². The molecule has 0 aliphatic carbocycles. The van der Waals surface area contributed by atoms with Crippen LogP contribution < -0.4 is 5.32 Å². The second kappa shape index (κ2) is 9.42. The Morgan fingerprint density at radius 2 is 1.74 bits per heavy atom. The second-order valence-electron chi connectivity index (χ2n) is 6.64. The highest BCUT2D eigenvalue weighted by atomic mass is 32.2. The van der Waals surface area contributed by atoms with Gasteiger partial charge in [0.15, 0.2) is 5.16 Å². The van der Waals surface area contributed by atoms with E-state index in [2.05, 4.69) is 46.1 Å². The molecular formula is C22H25N3OS. The predicted octanol–water partition coefficient (Wildman–Crippen LogP) is 4.33. The Bertz CT molecular complexity index is 848. The monoisotopic (exact) mass is 379 g/mol. The minimum absolute atomic E-state index is 0.0389. The maximum absolute atomic E-state index is 12.5. The minimum Gasteiger partial charge on any atom is -0.355 e. The summed E-state index contributed by atoms with van der Waals surface area (Å²) in [7, 11) is 0. The summed E-state index contributed by atoms with van der Waals surface area (Å²) in [6, 6.07) is 20.5. The lowest BCUT2D eigenvalue weighted by Gasteiger charge is -2.16. The lowest BCUT2D eigenvalue weighted by molar-refractivity contribution is -0.120. The molecule has 3 aromatic rings. The Hall–Kier alpha value is -2.53. The first-order chi connectivity index (χ1) is 13.1. The van der Waals surface area contributed by atoms with E-state index in [1.807, 2.05) is 49.5 Å². The zero-order valence-corrected chi connectivity index (χ0v) is 16.5. The van der Waals surface area contributed by atoms with E-state index in [1.54, 1.807) is 6.20 Å². The van der Waals surface area contributed by atoms with Crippen molar-refractivity contribution < 1.29 is 4.79 Å². The number of imidazole rings is 1. The number of amides is 1. The van der Waals surface area contributed by atoms with Gasteiger partial charge in [-0.15, -0.1) is 0 Å². The highest BCUT2D eigenvalue weighted by molar-refractivity contribution is 8.00. The van der Waals surface area contributed by atoms with Crippen LogP contribution in [0.25, 0.3) is 0 Å². The minimum atomic E-state index is -0.204. The van der Waals surface area contributed by atoms with Gasteiger partial charge in [-0.1, -0.05) is 79.3 Å². The molecule has 0 aliphatic heterocycles. The fourth-order valence-electron chi connectivity index (χ4n) is 2.82. The smallest absolute Gasteiger partial charge is 0.233 e. The fraction of sp³-hybridized carbons (Fsp3) is 0.273. The van der Waals surface area contributed by atoms with Crippen molar-refractivity contribution in [1.29, 1.82) is 0 Å². The Kier molecular flexibility index (Phi) is 6.71. The molecule has 1 amide bonds. The molecule has 4 nitrogen and oxygen atoms in total. The van der Waals surface area contributed by atoms with Gasteiger partial charge in [-0.3, -0.25) is 4.79 Å². The molecule has 2 aromatic carbocycles. The predicted molar refractivity (Wildman–Crippen MR) is 111 cm³/mol. The van der Waals surface area contributed by atoms with Crippen LogP contribution in [0.1, 0.15) is 30.9 Å². The number of nitrogens with zero attached hydrogens (tertiary/aromatic N) is 2. The maximum Gasteiger partial charge on any atom is 0.233 e. The lowest BCUT2D eigenvalue weighted by atomic mass is 10.0. The molecule has 0 fully saturated rings. The summed E-state index contributed by atoms with van der Waals surface area (Å²) in [5.74, 6) is 0.324. The highest BCUT2D eigenvalue weighted by Gasteiger charge is 2.18. The molecule has 5 heteroatoms. The normalized spacial score (nSPS) is 13.1. The number of thioether (sulfide) groups is 1. The first-order valence-electron chi connectivity index (χ1n) is 9.18.